The molecule has 0 atom stereocenters. The number of methoxy groups -OCH3 is 1. The summed E-state index contributed by atoms with van der Waals surface area (Å²) in [5.74, 6) is -1.50. The summed E-state index contributed by atoms with van der Waals surface area (Å²) in [6.45, 7) is 0.790. The van der Waals surface area contributed by atoms with E-state index in [2.05, 4.69) is 14.9 Å². The number of aromatic hydroxyl groups is 1. The molecular weight excluding hydrogens is 472 g/mol. The summed E-state index contributed by atoms with van der Waals surface area (Å²) < 4.78 is 4.81. The Balaban J connectivity index is 1.85. The van der Waals surface area contributed by atoms with Gasteiger partial charge in [-0.25, -0.2) is 9.79 Å². The normalized spacial score (nSPS) is 11.7. The van der Waals surface area contributed by atoms with Crippen molar-refractivity contribution in [2.24, 2.45) is 4.99 Å². The molecule has 0 spiro atoms. The third kappa shape index (κ3) is 6.02. The first-order valence-corrected chi connectivity index (χ1v) is 11.7. The predicted molar refractivity (Wildman–Crippen MR) is 141 cm³/mol. The number of carboxylic acid groups (broad SMARTS) is 1. The standard InChI is InChI=1S/C28H28N4O5/c1-32(2)16-17-4-8-21(9-5-17)30-26(20-12-18(14-29-15-20)6-11-24(33)34)25-22-10-7-19(28(36)37-3)13-23(22)31-27(25)35/h4-5,7-10,12-15,31,35H,6,11,16H2,1-3H3,(H,33,34). The summed E-state index contributed by atoms with van der Waals surface area (Å²) in [5.41, 5.74) is 4.95. The van der Waals surface area contributed by atoms with Gasteiger partial charge in [-0.1, -0.05) is 18.2 Å². The molecule has 2 aromatic heterocycles. The molecule has 0 unspecified atom stereocenters. The zero-order valence-corrected chi connectivity index (χ0v) is 20.9. The van der Waals surface area contributed by atoms with Crippen LogP contribution >= 0.6 is 0 Å². The number of esters is 1. The summed E-state index contributed by atoms with van der Waals surface area (Å²) in [7, 11) is 5.31. The molecule has 0 radical (unpaired) electrons. The van der Waals surface area contributed by atoms with Crippen molar-refractivity contribution >= 4 is 34.2 Å². The summed E-state index contributed by atoms with van der Waals surface area (Å²) in [6, 6.07) is 14.6. The average molecular weight is 501 g/mol. The maximum atomic E-state index is 12.0. The number of hydrogen-bond donors (Lipinski definition) is 3. The highest BCUT2D eigenvalue weighted by atomic mass is 16.5. The van der Waals surface area contributed by atoms with Crippen LogP contribution < -0.4 is 0 Å². The Hall–Kier alpha value is -4.50. The van der Waals surface area contributed by atoms with Crippen molar-refractivity contribution in [3.05, 3.63) is 88.7 Å². The first-order valence-electron chi connectivity index (χ1n) is 11.7. The average Bonchev–Trinajstić information content (AvgIpc) is 3.21. The monoisotopic (exact) mass is 500 g/mol. The fraction of sp³-hybridized carbons (Fsp3) is 0.214. The molecule has 2 aromatic carbocycles. The van der Waals surface area contributed by atoms with Crippen molar-refractivity contribution in [1.82, 2.24) is 14.9 Å². The van der Waals surface area contributed by atoms with E-state index in [-0.39, 0.29) is 12.3 Å². The van der Waals surface area contributed by atoms with E-state index in [1.54, 1.807) is 30.6 Å². The third-order valence-electron chi connectivity index (χ3n) is 5.81. The molecule has 0 aliphatic heterocycles. The highest BCUT2D eigenvalue weighted by Crippen LogP contribution is 2.32. The second kappa shape index (κ2) is 11.0. The van der Waals surface area contributed by atoms with Crippen LogP contribution in [-0.2, 0) is 22.5 Å². The van der Waals surface area contributed by atoms with Gasteiger partial charge >= 0.3 is 11.9 Å². The Morgan fingerprint density at radius 2 is 1.78 bits per heavy atom. The minimum atomic E-state index is -0.896. The van der Waals surface area contributed by atoms with Crippen molar-refractivity contribution in [1.29, 1.82) is 0 Å². The van der Waals surface area contributed by atoms with Gasteiger partial charge in [-0.2, -0.15) is 0 Å². The van der Waals surface area contributed by atoms with Crippen molar-refractivity contribution in [2.45, 2.75) is 19.4 Å². The number of H-pyrrole nitrogens is 1. The van der Waals surface area contributed by atoms with Gasteiger partial charge in [0.05, 0.1) is 29.6 Å². The maximum Gasteiger partial charge on any atom is 0.337 e. The zero-order chi connectivity index (χ0) is 26.5. The quantitative estimate of drug-likeness (QED) is 0.231. The number of nitrogens with zero attached hydrogens (tertiary/aromatic N) is 3. The Morgan fingerprint density at radius 1 is 1.03 bits per heavy atom. The van der Waals surface area contributed by atoms with Crippen LogP contribution in [0, 0.1) is 0 Å². The largest absolute Gasteiger partial charge is 0.494 e. The number of ether oxygens (including phenoxy) is 1. The van der Waals surface area contributed by atoms with E-state index in [1.807, 2.05) is 44.4 Å². The number of carbonyl (C=O) groups excluding carboxylic acids is 1. The van der Waals surface area contributed by atoms with Gasteiger partial charge in [0, 0.05) is 41.8 Å². The number of aromatic nitrogens is 2. The van der Waals surface area contributed by atoms with Crippen LogP contribution in [0.4, 0.5) is 5.69 Å². The molecule has 0 saturated heterocycles. The number of aliphatic imine (C=N–C) groups is 1. The number of hydrogen-bond acceptors (Lipinski definition) is 7. The van der Waals surface area contributed by atoms with Gasteiger partial charge in [0.2, 0.25) is 0 Å². The summed E-state index contributed by atoms with van der Waals surface area (Å²) in [5, 5.41) is 20.7. The number of aliphatic carboxylic acids is 1. The van der Waals surface area contributed by atoms with Crippen LogP contribution in [0.1, 0.15) is 39.0 Å². The van der Waals surface area contributed by atoms with Crippen LogP contribution in [-0.4, -0.2) is 63.9 Å². The number of nitrogens with one attached hydrogen (secondary N) is 1. The highest BCUT2D eigenvalue weighted by Gasteiger charge is 2.21. The SMILES string of the molecule is COC(=O)c1ccc2c(C(=Nc3ccc(CN(C)C)cc3)c3cncc(CCC(=O)O)c3)c(O)[nH]c2c1. The minimum absolute atomic E-state index is 0.0282. The lowest BCUT2D eigenvalue weighted by Crippen LogP contribution is -2.10. The molecule has 9 heteroatoms. The molecule has 4 aromatic rings. The van der Waals surface area contributed by atoms with Crippen LogP contribution in [0.3, 0.4) is 0 Å². The molecule has 2 heterocycles. The topological polar surface area (TPSA) is 128 Å². The van der Waals surface area contributed by atoms with E-state index >= 15 is 0 Å². The van der Waals surface area contributed by atoms with Gasteiger partial charge in [0.25, 0.3) is 0 Å². The smallest absolute Gasteiger partial charge is 0.337 e. The van der Waals surface area contributed by atoms with Crippen molar-refractivity contribution < 1.29 is 24.5 Å². The summed E-state index contributed by atoms with van der Waals surface area (Å²) in [4.78, 5) is 37.3. The highest BCUT2D eigenvalue weighted by molar-refractivity contribution is 6.22. The van der Waals surface area contributed by atoms with Crippen molar-refractivity contribution in [2.75, 3.05) is 21.2 Å². The molecule has 0 bridgehead atoms. The third-order valence-corrected chi connectivity index (χ3v) is 5.81. The van der Waals surface area contributed by atoms with Crippen LogP contribution in [0.25, 0.3) is 10.9 Å². The van der Waals surface area contributed by atoms with E-state index < -0.39 is 11.9 Å². The number of aromatic amines is 1. The second-order valence-electron chi connectivity index (χ2n) is 8.94. The van der Waals surface area contributed by atoms with Gasteiger partial charge in [0.1, 0.15) is 0 Å². The minimum Gasteiger partial charge on any atom is -0.494 e. The predicted octanol–water partition coefficient (Wildman–Crippen LogP) is 4.30. The fourth-order valence-corrected chi connectivity index (χ4v) is 4.11. The number of fused-ring (bicyclic) bond motifs is 1. The summed E-state index contributed by atoms with van der Waals surface area (Å²) >= 11 is 0. The van der Waals surface area contributed by atoms with Gasteiger partial charge in [0.15, 0.2) is 5.88 Å². The number of carboxylic acids is 1. The fourth-order valence-electron chi connectivity index (χ4n) is 4.11. The molecular formula is C28H28N4O5. The van der Waals surface area contributed by atoms with Crippen LogP contribution in [0.15, 0.2) is 65.9 Å². The molecule has 0 fully saturated rings. The van der Waals surface area contributed by atoms with Crippen LogP contribution in [0.2, 0.25) is 0 Å². The molecule has 0 aliphatic rings. The molecule has 3 N–H and O–H groups in total. The van der Waals surface area contributed by atoms with Gasteiger partial charge in [-0.15, -0.1) is 0 Å². The first-order chi connectivity index (χ1) is 17.7. The molecule has 0 amide bonds. The van der Waals surface area contributed by atoms with E-state index in [9.17, 15) is 14.7 Å². The van der Waals surface area contributed by atoms with Gasteiger partial charge in [-0.05, 0) is 62.0 Å². The molecule has 0 aliphatic carbocycles. The van der Waals surface area contributed by atoms with Gasteiger partial charge < -0.3 is 24.8 Å². The molecule has 190 valence electrons. The van der Waals surface area contributed by atoms with Gasteiger partial charge in [-0.3, -0.25) is 9.78 Å². The molecule has 4 rings (SSSR count). The maximum absolute atomic E-state index is 12.0. The second-order valence-corrected chi connectivity index (χ2v) is 8.94. The number of carbonyl (C=O) groups is 2. The van der Waals surface area contributed by atoms with Crippen molar-refractivity contribution in [3.8, 4) is 5.88 Å². The lowest BCUT2D eigenvalue weighted by molar-refractivity contribution is -0.136. The van der Waals surface area contributed by atoms with E-state index in [0.29, 0.717) is 45.4 Å². The van der Waals surface area contributed by atoms with Crippen molar-refractivity contribution in [3.63, 3.8) is 0 Å². The lowest BCUT2D eigenvalue weighted by atomic mass is 9.99. The Kier molecular flexibility index (Phi) is 7.64. The summed E-state index contributed by atoms with van der Waals surface area (Å²) in [6.07, 6.45) is 3.53. The molecule has 9 nitrogen and oxygen atoms in total. The Bertz CT molecular complexity index is 1470. The lowest BCUT2D eigenvalue weighted by Gasteiger charge is -2.11. The zero-order valence-electron chi connectivity index (χ0n) is 20.9. The molecule has 37 heavy (non-hydrogen) atoms. The Morgan fingerprint density at radius 3 is 2.46 bits per heavy atom. The first kappa shape index (κ1) is 25.6. The number of pyridine rings is 1. The molecule has 0 saturated carbocycles. The Labute approximate surface area is 214 Å². The van der Waals surface area contributed by atoms with Crippen LogP contribution in [0.5, 0.6) is 5.88 Å². The van der Waals surface area contributed by atoms with E-state index in [1.165, 1.54) is 7.11 Å². The van der Waals surface area contributed by atoms with E-state index in [4.69, 9.17) is 14.8 Å². The number of aryl methyl sites for hydroxylation is 1. The number of benzene rings is 2. The number of rotatable bonds is 9. The van der Waals surface area contributed by atoms with E-state index in [0.717, 1.165) is 17.7 Å².